The van der Waals surface area contributed by atoms with Gasteiger partial charge in [0.05, 0.1) is 7.11 Å². The van der Waals surface area contributed by atoms with Crippen molar-refractivity contribution in [1.29, 1.82) is 0 Å². The van der Waals surface area contributed by atoms with Gasteiger partial charge in [-0.15, -0.1) is 0 Å². The lowest BCUT2D eigenvalue weighted by atomic mass is 9.78. The highest BCUT2D eigenvalue weighted by molar-refractivity contribution is 6.59. The van der Waals surface area contributed by atoms with Gasteiger partial charge in [0, 0.05) is 24.7 Å². The van der Waals surface area contributed by atoms with Crippen LogP contribution in [0, 0.1) is 6.92 Å². The summed E-state index contributed by atoms with van der Waals surface area (Å²) in [6.45, 7) is 2.73. The monoisotopic (exact) mass is 285 g/mol. The molecule has 0 amide bonds. The minimum atomic E-state index is -1.54. The van der Waals surface area contributed by atoms with Gasteiger partial charge in [0.25, 0.3) is 0 Å². The average Bonchev–Trinajstić information content (AvgIpc) is 2.47. The van der Waals surface area contributed by atoms with Gasteiger partial charge in [-0.1, -0.05) is 24.3 Å². The Hall–Kier alpha value is -1.98. The summed E-state index contributed by atoms with van der Waals surface area (Å²) in [4.78, 5) is 2.11. The number of ether oxygens (including phenoxy) is 1. The molecule has 0 aliphatic heterocycles. The van der Waals surface area contributed by atoms with Crippen molar-refractivity contribution in [3.05, 3.63) is 53.6 Å². The van der Waals surface area contributed by atoms with Crippen molar-refractivity contribution in [3.8, 4) is 5.75 Å². The quantitative estimate of drug-likeness (QED) is 0.814. The molecule has 0 spiro atoms. The van der Waals surface area contributed by atoms with Crippen LogP contribution in [0.4, 0.5) is 5.69 Å². The van der Waals surface area contributed by atoms with Gasteiger partial charge in [-0.2, -0.15) is 0 Å². The molecule has 5 heteroatoms. The zero-order valence-corrected chi connectivity index (χ0v) is 12.6. The lowest BCUT2D eigenvalue weighted by Gasteiger charge is -2.20. The average molecular weight is 285 g/mol. The molecule has 0 fully saturated rings. The topological polar surface area (TPSA) is 52.9 Å². The van der Waals surface area contributed by atoms with E-state index in [1.54, 1.807) is 12.1 Å². The van der Waals surface area contributed by atoms with E-state index < -0.39 is 7.12 Å². The number of methoxy groups -OCH3 is 1. The van der Waals surface area contributed by atoms with Crippen molar-refractivity contribution < 1.29 is 14.8 Å². The Morgan fingerprint density at radius 2 is 1.90 bits per heavy atom. The van der Waals surface area contributed by atoms with Crippen molar-refractivity contribution in [2.24, 2.45) is 0 Å². The van der Waals surface area contributed by atoms with E-state index in [1.807, 2.05) is 19.2 Å². The second kappa shape index (κ2) is 6.65. The molecule has 0 aliphatic carbocycles. The van der Waals surface area contributed by atoms with Crippen LogP contribution in [0.1, 0.15) is 11.1 Å². The molecule has 0 bridgehead atoms. The lowest BCUT2D eigenvalue weighted by Crippen LogP contribution is -2.32. The summed E-state index contributed by atoms with van der Waals surface area (Å²) >= 11 is 0. The summed E-state index contributed by atoms with van der Waals surface area (Å²) < 4.78 is 5.13. The second-order valence-corrected chi connectivity index (χ2v) is 5.15. The van der Waals surface area contributed by atoms with Crippen molar-refractivity contribution in [3.63, 3.8) is 0 Å². The minimum Gasteiger partial charge on any atom is -0.497 e. The van der Waals surface area contributed by atoms with E-state index in [1.165, 1.54) is 12.7 Å². The van der Waals surface area contributed by atoms with Gasteiger partial charge in [-0.05, 0) is 36.2 Å². The highest BCUT2D eigenvalue weighted by Gasteiger charge is 2.17. The summed E-state index contributed by atoms with van der Waals surface area (Å²) in [5.41, 5.74) is 3.70. The fourth-order valence-electron chi connectivity index (χ4n) is 2.31. The predicted molar refractivity (Wildman–Crippen MR) is 86.1 cm³/mol. The van der Waals surface area contributed by atoms with Gasteiger partial charge in [0.1, 0.15) is 5.75 Å². The first-order chi connectivity index (χ1) is 10.0. The third-order valence-corrected chi connectivity index (χ3v) is 3.43. The summed E-state index contributed by atoms with van der Waals surface area (Å²) in [6, 6.07) is 13.7. The van der Waals surface area contributed by atoms with E-state index in [0.717, 1.165) is 11.3 Å². The molecule has 4 nitrogen and oxygen atoms in total. The second-order valence-electron chi connectivity index (χ2n) is 5.15. The zero-order valence-electron chi connectivity index (χ0n) is 12.6. The van der Waals surface area contributed by atoms with Crippen molar-refractivity contribution in [2.45, 2.75) is 13.5 Å². The van der Waals surface area contributed by atoms with Crippen LogP contribution >= 0.6 is 0 Å². The molecular formula is C16H20BNO3. The number of rotatable bonds is 5. The van der Waals surface area contributed by atoms with Gasteiger partial charge in [-0.25, -0.2) is 0 Å². The standard InChI is InChI=1S/C16H20BNO3/c1-12-5-4-6-14(9-12)18(2)11-13-7-8-16(21-3)15(10-13)17(19)20/h4-10,19-20H,11H2,1-3H3. The van der Waals surface area contributed by atoms with Crippen LogP contribution in [0.2, 0.25) is 0 Å². The summed E-state index contributed by atoms with van der Waals surface area (Å²) in [7, 11) is 1.98. The Kier molecular flexibility index (Phi) is 4.88. The largest absolute Gasteiger partial charge is 0.497 e. The van der Waals surface area contributed by atoms with Gasteiger partial charge in [-0.3, -0.25) is 0 Å². The molecule has 2 N–H and O–H groups in total. The fourth-order valence-corrected chi connectivity index (χ4v) is 2.31. The van der Waals surface area contributed by atoms with E-state index in [4.69, 9.17) is 4.74 Å². The van der Waals surface area contributed by atoms with Gasteiger partial charge >= 0.3 is 7.12 Å². The molecule has 0 radical (unpaired) electrons. The molecule has 0 aromatic heterocycles. The molecule has 2 aromatic carbocycles. The number of nitrogens with zero attached hydrogens (tertiary/aromatic N) is 1. The van der Waals surface area contributed by atoms with Crippen LogP contribution in [0.5, 0.6) is 5.75 Å². The molecule has 0 saturated heterocycles. The molecule has 0 atom stereocenters. The first-order valence-corrected chi connectivity index (χ1v) is 6.82. The number of aryl methyl sites for hydroxylation is 1. The third kappa shape index (κ3) is 3.77. The number of anilines is 1. The van der Waals surface area contributed by atoms with Crippen molar-refractivity contribution >= 4 is 18.3 Å². The molecule has 0 heterocycles. The molecule has 110 valence electrons. The summed E-state index contributed by atoms with van der Waals surface area (Å²) in [6.07, 6.45) is 0. The van der Waals surface area contributed by atoms with E-state index in [2.05, 4.69) is 30.0 Å². The molecular weight excluding hydrogens is 265 g/mol. The number of benzene rings is 2. The molecule has 0 saturated carbocycles. The fraction of sp³-hybridized carbons (Fsp3) is 0.250. The highest BCUT2D eigenvalue weighted by Crippen LogP contribution is 2.18. The molecule has 0 aliphatic rings. The van der Waals surface area contributed by atoms with Crippen LogP contribution in [0.25, 0.3) is 0 Å². The summed E-state index contributed by atoms with van der Waals surface area (Å²) in [5, 5.41) is 18.8. The minimum absolute atomic E-state index is 0.382. The Balaban J connectivity index is 2.21. The van der Waals surface area contributed by atoms with E-state index in [0.29, 0.717) is 17.8 Å². The lowest BCUT2D eigenvalue weighted by molar-refractivity contribution is 0.403. The van der Waals surface area contributed by atoms with E-state index in [-0.39, 0.29) is 0 Å². The first-order valence-electron chi connectivity index (χ1n) is 6.82. The normalized spacial score (nSPS) is 10.3. The maximum absolute atomic E-state index is 9.41. The highest BCUT2D eigenvalue weighted by atomic mass is 16.5. The molecule has 21 heavy (non-hydrogen) atoms. The number of hydrogen-bond donors (Lipinski definition) is 2. The smallest absolute Gasteiger partial charge is 0.492 e. The van der Waals surface area contributed by atoms with Crippen LogP contribution in [-0.2, 0) is 6.54 Å². The van der Waals surface area contributed by atoms with Gasteiger partial charge in [0.2, 0.25) is 0 Å². The Labute approximate surface area is 125 Å². The van der Waals surface area contributed by atoms with Crippen LogP contribution in [-0.4, -0.2) is 31.3 Å². The maximum Gasteiger partial charge on any atom is 0.492 e. The maximum atomic E-state index is 9.41. The van der Waals surface area contributed by atoms with Crippen LogP contribution in [0.15, 0.2) is 42.5 Å². The van der Waals surface area contributed by atoms with Crippen molar-refractivity contribution in [2.75, 3.05) is 19.1 Å². The van der Waals surface area contributed by atoms with E-state index in [9.17, 15) is 10.0 Å². The Bertz CT molecular complexity index is 616. The summed E-state index contributed by atoms with van der Waals surface area (Å²) in [5.74, 6) is 0.479. The Morgan fingerprint density at radius 3 is 2.52 bits per heavy atom. The van der Waals surface area contributed by atoms with Crippen molar-refractivity contribution in [1.82, 2.24) is 0 Å². The number of hydrogen-bond acceptors (Lipinski definition) is 4. The van der Waals surface area contributed by atoms with Gasteiger partial charge < -0.3 is 19.7 Å². The first kappa shape index (κ1) is 15.4. The van der Waals surface area contributed by atoms with Gasteiger partial charge in [0.15, 0.2) is 0 Å². The molecule has 0 unspecified atom stereocenters. The SMILES string of the molecule is COc1ccc(CN(C)c2cccc(C)c2)cc1B(O)O. The third-order valence-electron chi connectivity index (χ3n) is 3.43. The Morgan fingerprint density at radius 1 is 1.14 bits per heavy atom. The molecule has 2 rings (SSSR count). The molecule has 2 aromatic rings. The van der Waals surface area contributed by atoms with Crippen LogP contribution in [0.3, 0.4) is 0 Å². The predicted octanol–water partition coefficient (Wildman–Crippen LogP) is 1.32. The van der Waals surface area contributed by atoms with Crippen LogP contribution < -0.4 is 15.1 Å². The van der Waals surface area contributed by atoms with E-state index >= 15 is 0 Å². The zero-order chi connectivity index (χ0) is 15.4.